The standard InChI is InChI=1S/C8H6F2N2O4.C8H10F2N2.C8H6F2N2.C8H8F2.Y/c1-3-5(9)6(10)4(2)8(12(15)16)7(3)11(13)14;2*1-3-5(9)6(10)4(2)8(12)7(3)11;1-5-3-4-6(2)8(10)7(5)9;/h1-2H3;11-12H2,1-2H3;1-2H3;3-4H,1-2H3;/q;;-2;;. The molecule has 0 saturated carbocycles. The zero-order valence-electron chi connectivity index (χ0n) is 28.3. The molecular weight excluding hydrogens is 773 g/mol. The van der Waals surface area contributed by atoms with E-state index in [4.69, 9.17) is 22.3 Å². The molecule has 273 valence electrons. The second-order valence-corrected chi connectivity index (χ2v) is 10.7. The number of hydrogen-bond acceptors (Lipinski definition) is 6. The topological polar surface area (TPSA) is 183 Å². The van der Waals surface area contributed by atoms with Crippen molar-refractivity contribution in [3.05, 3.63) is 134 Å². The monoisotopic (exact) mass is 803 g/mol. The van der Waals surface area contributed by atoms with Crippen LogP contribution in [0, 0.1) is 96.7 Å². The Bertz CT molecular complexity index is 1780. The summed E-state index contributed by atoms with van der Waals surface area (Å²) in [5.41, 5.74) is 6.75. The summed E-state index contributed by atoms with van der Waals surface area (Å²) in [6.45, 7) is 10.1. The molecule has 4 N–H and O–H groups in total. The molecule has 0 amide bonds. The van der Waals surface area contributed by atoms with Crippen molar-refractivity contribution in [3.63, 3.8) is 0 Å². The largest absolute Gasteiger partial charge is 0.805 e. The van der Waals surface area contributed by atoms with E-state index in [1.807, 2.05) is 0 Å². The van der Waals surface area contributed by atoms with Crippen LogP contribution < -0.4 is 11.5 Å². The summed E-state index contributed by atoms with van der Waals surface area (Å²) < 4.78 is 103. The second-order valence-electron chi connectivity index (χ2n) is 10.7. The Labute approximate surface area is 311 Å². The number of hydrogen-bond donors (Lipinski definition) is 2. The van der Waals surface area contributed by atoms with Gasteiger partial charge in [0.05, 0.1) is 32.3 Å². The maximum atomic E-state index is 13.2. The number of nitro groups is 2. The van der Waals surface area contributed by atoms with E-state index in [-0.39, 0.29) is 66.4 Å². The minimum atomic E-state index is -1.44. The summed E-state index contributed by atoms with van der Waals surface area (Å²) in [5, 5.41) is 39.2. The first kappa shape index (κ1) is 46.4. The number of benzene rings is 3. The fraction of sp³-hybridized carbons (Fsp3) is 0.250. The van der Waals surface area contributed by atoms with Crippen molar-refractivity contribution >= 4 is 34.2 Å². The zero-order valence-corrected chi connectivity index (χ0v) is 31.2. The molecule has 0 aliphatic heterocycles. The summed E-state index contributed by atoms with van der Waals surface area (Å²) in [5.74, 6) is -8.42. The van der Waals surface area contributed by atoms with E-state index in [0.29, 0.717) is 11.1 Å². The number of allylic oxidation sites excluding steroid dienone is 4. The maximum Gasteiger partial charge on any atom is 0.352 e. The third-order valence-electron chi connectivity index (χ3n) is 7.35. The van der Waals surface area contributed by atoms with Gasteiger partial charge in [-0.3, -0.25) is 20.2 Å². The third-order valence-corrected chi connectivity index (χ3v) is 7.35. The van der Waals surface area contributed by atoms with Crippen molar-refractivity contribution in [3.8, 4) is 0 Å². The van der Waals surface area contributed by atoms with E-state index in [1.54, 1.807) is 12.1 Å². The molecule has 19 heteroatoms. The molecule has 0 spiro atoms. The van der Waals surface area contributed by atoms with E-state index in [0.717, 1.165) is 13.8 Å². The number of nitrogens with two attached hydrogens (primary N) is 2. The number of nitrogen functional groups attached to an aromatic ring is 2. The van der Waals surface area contributed by atoms with Gasteiger partial charge in [-0.15, -0.1) is 0 Å². The normalized spacial score (nSPS) is 12.2. The number of anilines is 2. The second kappa shape index (κ2) is 18.6. The fourth-order valence-corrected chi connectivity index (χ4v) is 3.94. The SMILES string of the molecule is CC1=C(F)C(F)=C(C)C(=[N-])C1=[N-].Cc1c(F)c(F)c(C)c([N+](=O)[O-])c1[N+](=O)[O-].Cc1c(N)c(N)c(C)c(F)c1F.Cc1ccc(C)c(F)c1F.[Y]. The zero-order chi connectivity index (χ0) is 39.3. The molecule has 3 aromatic carbocycles. The molecule has 0 aromatic heterocycles. The minimum absolute atomic E-state index is 0. The van der Waals surface area contributed by atoms with Crippen molar-refractivity contribution in [2.24, 2.45) is 0 Å². The smallest absolute Gasteiger partial charge is 0.352 e. The molecule has 3 aromatic rings. The van der Waals surface area contributed by atoms with Crippen LogP contribution >= 0.6 is 0 Å². The number of halogens is 8. The Morgan fingerprint density at radius 3 is 0.980 bits per heavy atom. The van der Waals surface area contributed by atoms with Crippen LogP contribution in [0.15, 0.2) is 34.9 Å². The van der Waals surface area contributed by atoms with Gasteiger partial charge in [0.15, 0.2) is 46.6 Å². The van der Waals surface area contributed by atoms with E-state index in [9.17, 15) is 55.4 Å². The Morgan fingerprint density at radius 2 is 0.745 bits per heavy atom. The third kappa shape index (κ3) is 10.0. The van der Waals surface area contributed by atoms with Crippen LogP contribution in [0.5, 0.6) is 0 Å². The quantitative estimate of drug-likeness (QED) is 0.0856. The first-order valence-electron chi connectivity index (χ1n) is 13.9. The molecule has 0 atom stereocenters. The van der Waals surface area contributed by atoms with Crippen molar-refractivity contribution in [1.29, 1.82) is 0 Å². The van der Waals surface area contributed by atoms with Crippen LogP contribution in [-0.4, -0.2) is 21.3 Å². The van der Waals surface area contributed by atoms with Gasteiger partial charge in [-0.05, 0) is 77.7 Å². The van der Waals surface area contributed by atoms with Crippen molar-refractivity contribution in [2.45, 2.75) is 55.4 Å². The molecule has 51 heavy (non-hydrogen) atoms. The van der Waals surface area contributed by atoms with Gasteiger partial charge in [-0.25, -0.2) is 35.1 Å². The molecule has 0 bridgehead atoms. The summed E-state index contributed by atoms with van der Waals surface area (Å²) in [4.78, 5) is 19.0. The number of rotatable bonds is 2. The number of nitro benzene ring substituents is 2. The van der Waals surface area contributed by atoms with Gasteiger partial charge in [0.1, 0.15) is 0 Å². The first-order valence-corrected chi connectivity index (χ1v) is 13.9. The van der Waals surface area contributed by atoms with Gasteiger partial charge in [-0.2, -0.15) is 11.4 Å². The first-order chi connectivity index (χ1) is 22.8. The van der Waals surface area contributed by atoms with E-state index in [1.165, 1.54) is 41.5 Å². The summed E-state index contributed by atoms with van der Waals surface area (Å²) in [6.07, 6.45) is 0. The van der Waals surface area contributed by atoms with Gasteiger partial charge in [-0.1, -0.05) is 12.1 Å². The van der Waals surface area contributed by atoms with Gasteiger partial charge in [0, 0.05) is 43.8 Å². The van der Waals surface area contributed by atoms with Crippen LogP contribution in [0.2, 0.25) is 0 Å². The Balaban J connectivity index is 0.000000658. The van der Waals surface area contributed by atoms with Crippen molar-refractivity contribution in [2.75, 3.05) is 11.5 Å². The molecular formula is C32H30F8N6O4Y-2. The molecule has 10 nitrogen and oxygen atoms in total. The van der Waals surface area contributed by atoms with Crippen molar-refractivity contribution in [1.82, 2.24) is 0 Å². The number of nitrogens with zero attached hydrogens (tertiary/aromatic N) is 4. The van der Waals surface area contributed by atoms with Crippen molar-refractivity contribution < 1.29 is 77.7 Å². The van der Waals surface area contributed by atoms with Crippen LogP contribution in [0.3, 0.4) is 0 Å². The van der Waals surface area contributed by atoms with Gasteiger partial charge >= 0.3 is 11.4 Å². The van der Waals surface area contributed by atoms with Gasteiger partial charge < -0.3 is 22.3 Å². The number of aryl methyl sites for hydroxylation is 2. The Kier molecular flexibility index (Phi) is 16.9. The van der Waals surface area contributed by atoms with Gasteiger partial charge in [0.25, 0.3) is 0 Å². The van der Waals surface area contributed by atoms with Crippen LogP contribution in [-0.2, 0) is 32.7 Å². The predicted octanol–water partition coefficient (Wildman–Crippen LogP) is 9.23. The van der Waals surface area contributed by atoms with Gasteiger partial charge in [0.2, 0.25) is 0 Å². The molecule has 0 heterocycles. The van der Waals surface area contributed by atoms with Crippen LogP contribution in [0.25, 0.3) is 10.8 Å². The molecule has 4 rings (SSSR count). The van der Waals surface area contributed by atoms with E-state index >= 15 is 0 Å². The Morgan fingerprint density at radius 1 is 0.510 bits per heavy atom. The molecule has 1 aliphatic rings. The predicted molar refractivity (Wildman–Crippen MR) is 174 cm³/mol. The maximum absolute atomic E-state index is 13.2. The summed E-state index contributed by atoms with van der Waals surface area (Å²) in [6, 6.07) is 3.13. The molecule has 1 radical (unpaired) electrons. The molecule has 0 unspecified atom stereocenters. The minimum Gasteiger partial charge on any atom is -0.805 e. The van der Waals surface area contributed by atoms with E-state index < -0.39 is 90.3 Å². The summed E-state index contributed by atoms with van der Waals surface area (Å²) in [7, 11) is 0. The Hall–Kier alpha value is -4.58. The summed E-state index contributed by atoms with van der Waals surface area (Å²) >= 11 is 0. The average Bonchev–Trinajstić information content (AvgIpc) is 3.08. The molecule has 1 aliphatic carbocycles. The fourth-order valence-electron chi connectivity index (χ4n) is 3.94. The van der Waals surface area contributed by atoms with E-state index in [2.05, 4.69) is 0 Å². The molecule has 0 saturated heterocycles. The average molecular weight is 804 g/mol. The molecule has 0 fully saturated rings. The van der Waals surface area contributed by atoms with Crippen LogP contribution in [0.1, 0.15) is 47.2 Å². The van der Waals surface area contributed by atoms with Crippen LogP contribution in [0.4, 0.5) is 57.9 Å².